The number of piperazine rings is 1. The summed E-state index contributed by atoms with van der Waals surface area (Å²) in [5, 5.41) is 12.7. The molecule has 2 heterocycles. The van der Waals surface area contributed by atoms with E-state index in [9.17, 15) is 19.2 Å². The number of ketones is 1. The number of rotatable bonds is 13. The molecule has 0 bridgehead atoms. The smallest absolute Gasteiger partial charge is 0.414 e. The van der Waals surface area contributed by atoms with Crippen LogP contribution in [0.4, 0.5) is 20.6 Å². The molecule has 234 valence electrons. The molecule has 0 unspecified atom stereocenters. The average Bonchev–Trinajstić information content (AvgIpc) is 3.41. The Morgan fingerprint density at radius 1 is 1.07 bits per heavy atom. The molecule has 2 aromatic carbocycles. The molecule has 11 nitrogen and oxygen atoms in total. The van der Waals surface area contributed by atoms with Crippen molar-refractivity contribution in [2.45, 2.75) is 45.3 Å². The Kier molecular flexibility index (Phi) is 11.4. The molecule has 0 aliphatic carbocycles. The van der Waals surface area contributed by atoms with Gasteiger partial charge in [0.2, 0.25) is 11.8 Å². The van der Waals surface area contributed by atoms with Crippen LogP contribution in [0.25, 0.3) is 0 Å². The van der Waals surface area contributed by atoms with E-state index in [2.05, 4.69) is 10.6 Å². The third-order valence-electron chi connectivity index (χ3n) is 7.56. The molecule has 4 rings (SSSR count). The van der Waals surface area contributed by atoms with Crippen molar-refractivity contribution in [3.05, 3.63) is 59.4 Å². The quantitative estimate of drug-likeness (QED) is 0.175. The lowest BCUT2D eigenvalue weighted by Gasteiger charge is -2.36. The molecule has 3 N–H and O–H groups in total. The predicted molar refractivity (Wildman–Crippen MR) is 169 cm³/mol. The number of carbonyl (C=O) groups is 4. The Morgan fingerprint density at radius 2 is 1.80 bits per heavy atom. The SMILES string of the molecule is CCC(=S)NC[C@H]1CN(c2ccc(N3CCN(C(=O)CCC(=O)c4ccc(CNC(=O)CC=N)cc4)CC3)c(F)c2)C(=O)O1. The number of hydrogen-bond donors (Lipinski definition) is 3. The minimum absolute atomic E-state index is 0.0245. The van der Waals surface area contributed by atoms with Gasteiger partial charge in [0.05, 0.1) is 35.9 Å². The number of hydrogen-bond acceptors (Lipinski definition) is 8. The molecular formula is C31H37FN6O5S. The molecule has 2 aliphatic rings. The first-order valence-electron chi connectivity index (χ1n) is 14.6. The molecule has 0 aromatic heterocycles. The first-order chi connectivity index (χ1) is 21.2. The maximum atomic E-state index is 15.2. The summed E-state index contributed by atoms with van der Waals surface area (Å²) in [6.07, 6.45) is 0.990. The average molecular weight is 625 g/mol. The highest BCUT2D eigenvalue weighted by Crippen LogP contribution is 2.28. The number of amides is 3. The number of thiocarbonyl (C=S) groups is 1. The fourth-order valence-electron chi connectivity index (χ4n) is 5.01. The third kappa shape index (κ3) is 8.59. The molecule has 2 aromatic rings. The zero-order valence-electron chi connectivity index (χ0n) is 24.6. The number of benzene rings is 2. The van der Waals surface area contributed by atoms with Gasteiger partial charge in [0.1, 0.15) is 11.9 Å². The summed E-state index contributed by atoms with van der Waals surface area (Å²) in [6.45, 7) is 4.60. The maximum absolute atomic E-state index is 15.2. The highest BCUT2D eigenvalue weighted by atomic mass is 32.1. The van der Waals surface area contributed by atoms with Gasteiger partial charge in [-0.05, 0) is 30.2 Å². The molecule has 3 amide bonds. The fraction of sp³-hybridized carbons (Fsp3) is 0.419. The number of anilines is 2. The van der Waals surface area contributed by atoms with Crippen molar-refractivity contribution in [2.75, 3.05) is 49.1 Å². The molecule has 0 spiro atoms. The van der Waals surface area contributed by atoms with E-state index in [0.29, 0.717) is 67.6 Å². The second-order valence-electron chi connectivity index (χ2n) is 10.6. The number of cyclic esters (lactones) is 1. The molecular weight excluding hydrogens is 587 g/mol. The van der Waals surface area contributed by atoms with E-state index in [-0.39, 0.29) is 49.5 Å². The van der Waals surface area contributed by atoms with E-state index < -0.39 is 11.9 Å². The number of carbonyl (C=O) groups excluding carboxylic acids is 4. The minimum atomic E-state index is -0.532. The van der Waals surface area contributed by atoms with E-state index in [1.165, 1.54) is 11.0 Å². The van der Waals surface area contributed by atoms with E-state index in [1.807, 2.05) is 11.8 Å². The monoisotopic (exact) mass is 624 g/mol. The topological polar surface area (TPSA) is 135 Å². The van der Waals surface area contributed by atoms with Crippen molar-refractivity contribution in [3.63, 3.8) is 0 Å². The van der Waals surface area contributed by atoms with Crippen molar-refractivity contribution in [1.82, 2.24) is 15.5 Å². The standard InChI is InChI=1S/C31H37FN6O5S/c1-2-29(44)35-19-24-20-38(31(42)43-24)23-7-8-26(25(32)17-23)36-13-15-37(16-14-36)30(41)10-9-27(39)22-5-3-21(4-6-22)18-34-28(40)11-12-33/h3-8,12,17,24,33H,2,9-11,13-16,18-20H2,1H3,(H,34,40)(H,35,44)/t24-/m0/s1. The highest BCUT2D eigenvalue weighted by Gasteiger charge is 2.33. The predicted octanol–water partition coefficient (Wildman–Crippen LogP) is 3.45. The van der Waals surface area contributed by atoms with Crippen molar-refractivity contribution in [1.29, 1.82) is 5.41 Å². The second kappa shape index (κ2) is 15.4. The van der Waals surface area contributed by atoms with Crippen molar-refractivity contribution >= 4 is 58.5 Å². The Bertz CT molecular complexity index is 1400. The Balaban J connectivity index is 1.22. The summed E-state index contributed by atoms with van der Waals surface area (Å²) in [6, 6.07) is 11.5. The van der Waals surface area contributed by atoms with Crippen LogP contribution in [-0.2, 0) is 20.9 Å². The number of halogens is 1. The maximum Gasteiger partial charge on any atom is 0.414 e. The van der Waals surface area contributed by atoms with Gasteiger partial charge in [0.15, 0.2) is 5.78 Å². The molecule has 0 saturated carbocycles. The van der Waals surface area contributed by atoms with Gasteiger partial charge in [0, 0.05) is 57.3 Å². The summed E-state index contributed by atoms with van der Waals surface area (Å²) in [7, 11) is 0. The third-order valence-corrected chi connectivity index (χ3v) is 7.99. The number of Topliss-reactive ketones (excluding diaryl/α,β-unsaturated/α-hetero) is 1. The summed E-state index contributed by atoms with van der Waals surface area (Å²) in [4.78, 5) is 55.0. The van der Waals surface area contributed by atoms with Crippen LogP contribution in [0.15, 0.2) is 42.5 Å². The van der Waals surface area contributed by atoms with Gasteiger partial charge in [-0.25, -0.2) is 9.18 Å². The Morgan fingerprint density at radius 3 is 2.45 bits per heavy atom. The van der Waals surface area contributed by atoms with Crippen LogP contribution in [-0.4, -0.2) is 85.2 Å². The Hall–Kier alpha value is -4.39. The van der Waals surface area contributed by atoms with Crippen LogP contribution in [0.3, 0.4) is 0 Å². The molecule has 0 radical (unpaired) electrons. The van der Waals surface area contributed by atoms with Gasteiger partial charge < -0.3 is 30.6 Å². The molecule has 2 saturated heterocycles. The van der Waals surface area contributed by atoms with E-state index in [4.69, 9.17) is 22.4 Å². The van der Waals surface area contributed by atoms with Crippen molar-refractivity contribution in [3.8, 4) is 0 Å². The second-order valence-corrected chi connectivity index (χ2v) is 11.1. The summed E-state index contributed by atoms with van der Waals surface area (Å²) >= 11 is 5.15. The van der Waals surface area contributed by atoms with E-state index in [0.717, 1.165) is 11.8 Å². The highest BCUT2D eigenvalue weighted by molar-refractivity contribution is 7.80. The summed E-state index contributed by atoms with van der Waals surface area (Å²) in [5.41, 5.74) is 2.13. The van der Waals surface area contributed by atoms with Crippen LogP contribution in [0.1, 0.15) is 48.5 Å². The van der Waals surface area contributed by atoms with E-state index in [1.54, 1.807) is 41.3 Å². The van der Waals surface area contributed by atoms with Crippen molar-refractivity contribution < 1.29 is 28.3 Å². The van der Waals surface area contributed by atoms with Crippen molar-refractivity contribution in [2.24, 2.45) is 0 Å². The Labute approximate surface area is 261 Å². The largest absolute Gasteiger partial charge is 0.442 e. The zero-order chi connectivity index (χ0) is 31.6. The van der Waals surface area contributed by atoms with Crippen LogP contribution in [0.5, 0.6) is 0 Å². The first kappa shape index (κ1) is 32.5. The lowest BCUT2D eigenvalue weighted by molar-refractivity contribution is -0.131. The minimum Gasteiger partial charge on any atom is -0.442 e. The molecule has 2 aliphatic heterocycles. The van der Waals surface area contributed by atoms with Gasteiger partial charge in [-0.1, -0.05) is 43.4 Å². The molecule has 1 atom stereocenters. The van der Waals surface area contributed by atoms with Gasteiger partial charge in [-0.2, -0.15) is 0 Å². The van der Waals surface area contributed by atoms with Crippen LogP contribution in [0, 0.1) is 11.2 Å². The lowest BCUT2D eigenvalue weighted by atomic mass is 10.0. The van der Waals surface area contributed by atoms with Crippen LogP contribution < -0.4 is 20.4 Å². The number of nitrogens with zero attached hydrogens (tertiary/aromatic N) is 3. The molecule has 44 heavy (non-hydrogen) atoms. The summed E-state index contributed by atoms with van der Waals surface area (Å²) in [5.74, 6) is -0.985. The lowest BCUT2D eigenvalue weighted by Crippen LogP contribution is -2.49. The molecule has 2 fully saturated rings. The van der Waals surface area contributed by atoms with Gasteiger partial charge in [-0.15, -0.1) is 0 Å². The molecule has 13 heteroatoms. The van der Waals surface area contributed by atoms with Crippen LogP contribution >= 0.6 is 12.2 Å². The van der Waals surface area contributed by atoms with Gasteiger partial charge >= 0.3 is 6.09 Å². The summed E-state index contributed by atoms with van der Waals surface area (Å²) < 4.78 is 20.6. The number of nitrogens with one attached hydrogen (secondary N) is 3. The van der Waals surface area contributed by atoms with Gasteiger partial charge in [-0.3, -0.25) is 19.3 Å². The van der Waals surface area contributed by atoms with Crippen LogP contribution in [0.2, 0.25) is 0 Å². The van der Waals surface area contributed by atoms with Gasteiger partial charge in [0.25, 0.3) is 0 Å². The zero-order valence-corrected chi connectivity index (χ0v) is 25.5. The fourth-order valence-corrected chi connectivity index (χ4v) is 5.09. The first-order valence-corrected chi connectivity index (χ1v) is 15.0. The normalized spacial score (nSPS) is 16.4. The van der Waals surface area contributed by atoms with E-state index >= 15 is 4.39 Å². The number of ether oxygens (including phenoxy) is 1.